The van der Waals surface area contributed by atoms with Crippen LogP contribution in [0.5, 0.6) is 0 Å². The predicted octanol–water partition coefficient (Wildman–Crippen LogP) is 1.18. The van der Waals surface area contributed by atoms with Crippen LogP contribution in [0.15, 0.2) is 23.2 Å². The standard InChI is InChI=1S/C17H23N3O3/c1-23-9-12-3-2-4-15(20-12)19-11-6-5-10-7-14(21)16(17(18)22)13(10)8-11/h5-6,8,12,14,16,21H,2-4,7,9H2,1H3,(H2,18,22)(H,19,20)/t12-,14-,16?/m1/s1. The third-order valence-electron chi connectivity index (χ3n) is 4.54. The molecule has 0 saturated heterocycles. The molecule has 4 N–H and O–H groups in total. The molecule has 124 valence electrons. The Morgan fingerprint density at radius 1 is 1.52 bits per heavy atom. The van der Waals surface area contributed by atoms with Gasteiger partial charge in [0.05, 0.1) is 24.7 Å². The molecular weight excluding hydrogens is 294 g/mol. The van der Waals surface area contributed by atoms with E-state index in [-0.39, 0.29) is 6.04 Å². The van der Waals surface area contributed by atoms with E-state index in [0.717, 1.165) is 41.9 Å². The van der Waals surface area contributed by atoms with Crippen LogP contribution in [0.4, 0.5) is 5.69 Å². The number of aliphatic hydroxyl groups excluding tert-OH is 1. The number of fused-ring (bicyclic) bond motifs is 1. The van der Waals surface area contributed by atoms with Crippen LogP contribution in [0.25, 0.3) is 0 Å². The van der Waals surface area contributed by atoms with Gasteiger partial charge in [-0.2, -0.15) is 0 Å². The normalized spacial score (nSPS) is 26.5. The fourth-order valence-electron chi connectivity index (χ4n) is 3.47. The summed E-state index contributed by atoms with van der Waals surface area (Å²) in [5, 5.41) is 13.4. The van der Waals surface area contributed by atoms with Gasteiger partial charge < -0.3 is 20.9 Å². The van der Waals surface area contributed by atoms with Crippen molar-refractivity contribution in [1.82, 2.24) is 0 Å². The van der Waals surface area contributed by atoms with Crippen LogP contribution in [0.3, 0.4) is 0 Å². The van der Waals surface area contributed by atoms with E-state index < -0.39 is 17.9 Å². The van der Waals surface area contributed by atoms with Crippen molar-refractivity contribution in [2.24, 2.45) is 10.7 Å². The van der Waals surface area contributed by atoms with Gasteiger partial charge in [-0.3, -0.25) is 9.79 Å². The Hall–Kier alpha value is -1.92. The molecule has 0 spiro atoms. The molecule has 1 aliphatic heterocycles. The summed E-state index contributed by atoms with van der Waals surface area (Å²) in [4.78, 5) is 16.3. The number of nitrogens with two attached hydrogens (primary N) is 1. The summed E-state index contributed by atoms with van der Waals surface area (Å²) < 4.78 is 5.18. The average molecular weight is 317 g/mol. The van der Waals surface area contributed by atoms with E-state index in [4.69, 9.17) is 10.5 Å². The number of ether oxygens (including phenoxy) is 1. The number of aliphatic hydroxyl groups is 1. The number of methoxy groups -OCH3 is 1. The van der Waals surface area contributed by atoms with Crippen molar-refractivity contribution in [3.63, 3.8) is 0 Å². The van der Waals surface area contributed by atoms with Crippen molar-refractivity contribution in [1.29, 1.82) is 0 Å². The van der Waals surface area contributed by atoms with Crippen molar-refractivity contribution in [3.8, 4) is 0 Å². The quantitative estimate of drug-likeness (QED) is 0.777. The van der Waals surface area contributed by atoms with E-state index in [0.29, 0.717) is 13.0 Å². The highest BCUT2D eigenvalue weighted by molar-refractivity contribution is 5.96. The lowest BCUT2D eigenvalue weighted by Gasteiger charge is -2.21. The maximum Gasteiger partial charge on any atom is 0.227 e. The molecular formula is C17H23N3O3. The third-order valence-corrected chi connectivity index (χ3v) is 4.54. The van der Waals surface area contributed by atoms with Crippen molar-refractivity contribution in [2.75, 3.05) is 19.0 Å². The number of hydrogen-bond donors (Lipinski definition) is 3. The topological polar surface area (TPSA) is 96.9 Å². The summed E-state index contributed by atoms with van der Waals surface area (Å²) in [6.45, 7) is 0.630. The third kappa shape index (κ3) is 3.38. The van der Waals surface area contributed by atoms with Gasteiger partial charge in [0.25, 0.3) is 0 Å². The largest absolute Gasteiger partial charge is 0.392 e. The number of benzene rings is 1. The van der Waals surface area contributed by atoms with E-state index in [1.165, 1.54) is 0 Å². The highest BCUT2D eigenvalue weighted by Gasteiger charge is 2.35. The highest BCUT2D eigenvalue weighted by atomic mass is 16.5. The second kappa shape index (κ2) is 6.68. The summed E-state index contributed by atoms with van der Waals surface area (Å²) in [5.41, 5.74) is 8.11. The molecule has 1 amide bonds. The molecule has 1 heterocycles. The SMILES string of the molecule is COC[C@H]1CCCC(Nc2ccc3c(c2)C(C(N)=O)[C@H](O)C3)=N1. The van der Waals surface area contributed by atoms with Gasteiger partial charge in [-0.05, 0) is 42.5 Å². The zero-order valence-corrected chi connectivity index (χ0v) is 13.3. The van der Waals surface area contributed by atoms with E-state index in [1.807, 2.05) is 18.2 Å². The number of rotatable bonds is 4. The Kier molecular flexibility index (Phi) is 4.63. The molecule has 2 aliphatic rings. The number of hydrogen-bond acceptors (Lipinski definition) is 5. The number of amides is 1. The van der Waals surface area contributed by atoms with E-state index >= 15 is 0 Å². The van der Waals surface area contributed by atoms with E-state index in [9.17, 15) is 9.90 Å². The number of primary amides is 1. The summed E-state index contributed by atoms with van der Waals surface area (Å²) >= 11 is 0. The van der Waals surface area contributed by atoms with Gasteiger partial charge in [0.2, 0.25) is 5.91 Å². The number of nitrogens with one attached hydrogen (secondary N) is 1. The molecule has 1 aromatic carbocycles. The Morgan fingerprint density at radius 3 is 3.09 bits per heavy atom. The first-order valence-corrected chi connectivity index (χ1v) is 8.01. The lowest BCUT2D eigenvalue weighted by atomic mass is 9.98. The molecule has 3 atom stereocenters. The summed E-state index contributed by atoms with van der Waals surface area (Å²) in [6.07, 6.45) is 2.77. The molecule has 1 aromatic rings. The number of carbonyl (C=O) groups is 1. The molecule has 0 fully saturated rings. The first kappa shape index (κ1) is 16.0. The second-order valence-electron chi connectivity index (χ2n) is 6.27. The van der Waals surface area contributed by atoms with Gasteiger partial charge in [0, 0.05) is 19.2 Å². The van der Waals surface area contributed by atoms with Crippen LogP contribution >= 0.6 is 0 Å². The van der Waals surface area contributed by atoms with Crippen LogP contribution in [-0.2, 0) is 16.0 Å². The highest BCUT2D eigenvalue weighted by Crippen LogP contribution is 2.35. The summed E-state index contributed by atoms with van der Waals surface area (Å²) in [7, 11) is 1.69. The Balaban J connectivity index is 1.79. The maximum absolute atomic E-state index is 11.6. The van der Waals surface area contributed by atoms with Crippen LogP contribution < -0.4 is 11.1 Å². The van der Waals surface area contributed by atoms with Crippen LogP contribution in [-0.4, -0.2) is 42.7 Å². The molecule has 1 aliphatic carbocycles. The number of nitrogens with zero attached hydrogens (tertiary/aromatic N) is 1. The Bertz CT molecular complexity index is 630. The zero-order valence-electron chi connectivity index (χ0n) is 13.3. The van der Waals surface area contributed by atoms with Crippen molar-refractivity contribution in [3.05, 3.63) is 29.3 Å². The van der Waals surface area contributed by atoms with Gasteiger partial charge in [-0.25, -0.2) is 0 Å². The molecule has 6 nitrogen and oxygen atoms in total. The lowest BCUT2D eigenvalue weighted by Crippen LogP contribution is -2.28. The number of aliphatic imine (C=N–C) groups is 1. The number of amidine groups is 1. The van der Waals surface area contributed by atoms with Crippen molar-refractivity contribution in [2.45, 2.75) is 43.7 Å². The van der Waals surface area contributed by atoms with Crippen molar-refractivity contribution < 1.29 is 14.6 Å². The Morgan fingerprint density at radius 2 is 2.35 bits per heavy atom. The minimum atomic E-state index is -0.726. The van der Waals surface area contributed by atoms with Gasteiger partial charge in [-0.1, -0.05) is 6.07 Å². The molecule has 0 radical (unpaired) electrons. The predicted molar refractivity (Wildman–Crippen MR) is 88.7 cm³/mol. The minimum absolute atomic E-state index is 0.200. The van der Waals surface area contributed by atoms with Crippen molar-refractivity contribution >= 4 is 17.4 Å². The van der Waals surface area contributed by atoms with E-state index in [2.05, 4.69) is 10.3 Å². The van der Waals surface area contributed by atoms with Gasteiger partial charge in [-0.15, -0.1) is 0 Å². The van der Waals surface area contributed by atoms with E-state index in [1.54, 1.807) is 7.11 Å². The second-order valence-corrected chi connectivity index (χ2v) is 6.27. The lowest BCUT2D eigenvalue weighted by molar-refractivity contribution is -0.121. The number of anilines is 1. The zero-order chi connectivity index (χ0) is 16.4. The average Bonchev–Trinajstić information content (AvgIpc) is 2.83. The fraction of sp³-hybridized carbons (Fsp3) is 0.529. The minimum Gasteiger partial charge on any atom is -0.392 e. The van der Waals surface area contributed by atoms with Gasteiger partial charge in [0.15, 0.2) is 0 Å². The maximum atomic E-state index is 11.6. The molecule has 3 rings (SSSR count). The molecule has 6 heteroatoms. The number of carbonyl (C=O) groups excluding carboxylic acids is 1. The smallest absolute Gasteiger partial charge is 0.227 e. The van der Waals surface area contributed by atoms with Gasteiger partial charge >= 0.3 is 0 Å². The fourth-order valence-corrected chi connectivity index (χ4v) is 3.47. The first-order valence-electron chi connectivity index (χ1n) is 8.01. The van der Waals surface area contributed by atoms with Crippen LogP contribution in [0.2, 0.25) is 0 Å². The molecule has 0 aromatic heterocycles. The van der Waals surface area contributed by atoms with Crippen LogP contribution in [0, 0.1) is 0 Å². The molecule has 0 bridgehead atoms. The summed E-state index contributed by atoms with van der Waals surface area (Å²) in [5.74, 6) is -0.169. The monoisotopic (exact) mass is 317 g/mol. The summed E-state index contributed by atoms with van der Waals surface area (Å²) in [6, 6.07) is 6.01. The van der Waals surface area contributed by atoms with Crippen LogP contribution in [0.1, 0.15) is 36.3 Å². The molecule has 23 heavy (non-hydrogen) atoms. The molecule has 0 saturated carbocycles. The van der Waals surface area contributed by atoms with Gasteiger partial charge in [0.1, 0.15) is 5.84 Å². The molecule has 1 unspecified atom stereocenters. The first-order chi connectivity index (χ1) is 11.1. The Labute approximate surface area is 135 Å².